The highest BCUT2D eigenvalue weighted by Gasteiger charge is 2.34. The van der Waals surface area contributed by atoms with E-state index in [1.807, 2.05) is 22.6 Å². The summed E-state index contributed by atoms with van der Waals surface area (Å²) in [5.74, 6) is 0.266. The zero-order chi connectivity index (χ0) is 18.1. The molecule has 1 unspecified atom stereocenters. The molecule has 2 heterocycles. The molecule has 0 radical (unpaired) electrons. The lowest BCUT2D eigenvalue weighted by Crippen LogP contribution is -2.40. The highest BCUT2D eigenvalue weighted by Crippen LogP contribution is 2.31. The Morgan fingerprint density at radius 2 is 2.04 bits per heavy atom. The number of rotatable bonds is 2. The van der Waals surface area contributed by atoms with Gasteiger partial charge in [-0.25, -0.2) is 9.78 Å². The van der Waals surface area contributed by atoms with E-state index < -0.39 is 23.6 Å². The topological polar surface area (TPSA) is 54.5 Å². The van der Waals surface area contributed by atoms with Crippen molar-refractivity contribution in [3.8, 4) is 0 Å². The molecule has 0 bridgehead atoms. The third-order valence-corrected chi connectivity index (χ3v) is 3.92. The van der Waals surface area contributed by atoms with E-state index >= 15 is 0 Å². The second kappa shape index (κ2) is 6.93. The molecule has 0 saturated carbocycles. The van der Waals surface area contributed by atoms with Crippen LogP contribution in [0, 0.1) is 3.57 Å². The average Bonchev–Trinajstić information content (AvgIpc) is 2.83. The predicted octanol–water partition coefficient (Wildman–Crippen LogP) is 3.81. The van der Waals surface area contributed by atoms with Gasteiger partial charge in [-0.05, 0) is 61.9 Å². The molecule has 1 N–H and O–H groups in total. The summed E-state index contributed by atoms with van der Waals surface area (Å²) in [6, 6.07) is 2.43. The fourth-order valence-electron chi connectivity index (χ4n) is 2.35. The van der Waals surface area contributed by atoms with Crippen LogP contribution in [0.5, 0.6) is 0 Å². The SMILES string of the molecule is CC(C)(C)OC(=O)NC1CCN(c2cc(I)cc(C(F)(F)F)n2)C1. The maximum atomic E-state index is 12.9. The number of carbonyl (C=O) groups is 1. The number of alkyl carbamates (subject to hydrolysis) is 1. The quantitative estimate of drug-likeness (QED) is 0.687. The summed E-state index contributed by atoms with van der Waals surface area (Å²) in [7, 11) is 0. The average molecular weight is 457 g/mol. The van der Waals surface area contributed by atoms with Crippen LogP contribution < -0.4 is 10.2 Å². The zero-order valence-electron chi connectivity index (χ0n) is 13.6. The zero-order valence-corrected chi connectivity index (χ0v) is 15.7. The van der Waals surface area contributed by atoms with Crippen molar-refractivity contribution in [2.75, 3.05) is 18.0 Å². The van der Waals surface area contributed by atoms with Crippen LogP contribution in [0.4, 0.5) is 23.8 Å². The van der Waals surface area contributed by atoms with Gasteiger partial charge in [0, 0.05) is 16.7 Å². The predicted molar refractivity (Wildman–Crippen MR) is 91.9 cm³/mol. The molecule has 1 amide bonds. The van der Waals surface area contributed by atoms with Crippen molar-refractivity contribution >= 4 is 34.5 Å². The Balaban J connectivity index is 2.03. The van der Waals surface area contributed by atoms with E-state index in [1.165, 1.54) is 0 Å². The van der Waals surface area contributed by atoms with E-state index in [-0.39, 0.29) is 11.9 Å². The third kappa shape index (κ3) is 5.38. The van der Waals surface area contributed by atoms with E-state index in [0.717, 1.165) is 6.07 Å². The summed E-state index contributed by atoms with van der Waals surface area (Å²) in [5.41, 5.74) is -1.51. The number of ether oxygens (including phenoxy) is 1. The largest absolute Gasteiger partial charge is 0.444 e. The first-order valence-corrected chi connectivity index (χ1v) is 8.51. The van der Waals surface area contributed by atoms with E-state index in [1.54, 1.807) is 31.7 Å². The van der Waals surface area contributed by atoms with Crippen LogP contribution in [-0.2, 0) is 10.9 Å². The lowest BCUT2D eigenvalue weighted by atomic mass is 10.2. The maximum Gasteiger partial charge on any atom is 0.433 e. The van der Waals surface area contributed by atoms with Gasteiger partial charge in [0.15, 0.2) is 0 Å². The fourth-order valence-corrected chi connectivity index (χ4v) is 2.92. The van der Waals surface area contributed by atoms with Crippen molar-refractivity contribution in [3.05, 3.63) is 21.4 Å². The second-order valence-electron chi connectivity index (χ2n) is 6.60. The molecule has 1 aliphatic heterocycles. The van der Waals surface area contributed by atoms with Gasteiger partial charge < -0.3 is 15.0 Å². The van der Waals surface area contributed by atoms with Crippen LogP contribution in [-0.4, -0.2) is 35.8 Å². The Morgan fingerprint density at radius 3 is 2.62 bits per heavy atom. The highest BCUT2D eigenvalue weighted by molar-refractivity contribution is 14.1. The van der Waals surface area contributed by atoms with Crippen molar-refractivity contribution < 1.29 is 22.7 Å². The Labute approximate surface area is 152 Å². The monoisotopic (exact) mass is 457 g/mol. The molecular formula is C15H19F3IN3O2. The van der Waals surface area contributed by atoms with Crippen molar-refractivity contribution in [2.24, 2.45) is 0 Å². The van der Waals surface area contributed by atoms with Gasteiger partial charge in [0.05, 0.1) is 6.04 Å². The molecule has 1 saturated heterocycles. The first kappa shape index (κ1) is 19.1. The number of carbonyl (C=O) groups excluding carboxylic acids is 1. The van der Waals surface area contributed by atoms with Gasteiger partial charge in [-0.1, -0.05) is 0 Å². The number of nitrogens with one attached hydrogen (secondary N) is 1. The number of amides is 1. The van der Waals surface area contributed by atoms with E-state index in [9.17, 15) is 18.0 Å². The van der Waals surface area contributed by atoms with Crippen LogP contribution in [0.25, 0.3) is 0 Å². The summed E-state index contributed by atoms with van der Waals surface area (Å²) in [6.45, 7) is 6.21. The van der Waals surface area contributed by atoms with Crippen LogP contribution in [0.3, 0.4) is 0 Å². The molecule has 0 aliphatic carbocycles. The molecule has 134 valence electrons. The van der Waals surface area contributed by atoms with E-state index in [4.69, 9.17) is 4.74 Å². The molecule has 0 spiro atoms. The minimum Gasteiger partial charge on any atom is -0.444 e. The third-order valence-electron chi connectivity index (χ3n) is 3.30. The molecule has 2 rings (SSSR count). The van der Waals surface area contributed by atoms with Gasteiger partial charge >= 0.3 is 12.3 Å². The lowest BCUT2D eigenvalue weighted by Gasteiger charge is -2.22. The summed E-state index contributed by atoms with van der Waals surface area (Å²) >= 11 is 1.84. The molecule has 0 aromatic carbocycles. The van der Waals surface area contributed by atoms with Gasteiger partial charge in [0.25, 0.3) is 0 Å². The first-order chi connectivity index (χ1) is 10.9. The fraction of sp³-hybridized carbons (Fsp3) is 0.600. The first-order valence-electron chi connectivity index (χ1n) is 7.43. The molecule has 1 fully saturated rings. The van der Waals surface area contributed by atoms with Gasteiger partial charge in [0.1, 0.15) is 17.1 Å². The van der Waals surface area contributed by atoms with Crippen LogP contribution >= 0.6 is 22.6 Å². The van der Waals surface area contributed by atoms with Gasteiger partial charge in [-0.3, -0.25) is 0 Å². The van der Waals surface area contributed by atoms with Crippen molar-refractivity contribution in [1.82, 2.24) is 10.3 Å². The Morgan fingerprint density at radius 1 is 1.38 bits per heavy atom. The second-order valence-corrected chi connectivity index (χ2v) is 7.85. The lowest BCUT2D eigenvalue weighted by molar-refractivity contribution is -0.141. The normalized spacial score (nSPS) is 18.6. The Bertz CT molecular complexity index is 617. The van der Waals surface area contributed by atoms with Crippen molar-refractivity contribution in [1.29, 1.82) is 0 Å². The number of nitrogens with zero attached hydrogens (tertiary/aromatic N) is 2. The van der Waals surface area contributed by atoms with Crippen LogP contribution in [0.2, 0.25) is 0 Å². The van der Waals surface area contributed by atoms with Crippen LogP contribution in [0.15, 0.2) is 12.1 Å². The molecular weight excluding hydrogens is 438 g/mol. The number of alkyl halides is 3. The van der Waals surface area contributed by atoms with Gasteiger partial charge in [-0.15, -0.1) is 0 Å². The summed E-state index contributed by atoms with van der Waals surface area (Å²) in [5, 5.41) is 2.74. The van der Waals surface area contributed by atoms with Crippen LogP contribution in [0.1, 0.15) is 32.9 Å². The molecule has 9 heteroatoms. The summed E-state index contributed by atoms with van der Waals surface area (Å²) in [4.78, 5) is 17.2. The highest BCUT2D eigenvalue weighted by atomic mass is 127. The Kier molecular flexibility index (Phi) is 5.50. The smallest absolute Gasteiger partial charge is 0.433 e. The van der Waals surface area contributed by atoms with E-state index in [0.29, 0.717) is 23.1 Å². The number of anilines is 1. The Hall–Kier alpha value is -1.26. The van der Waals surface area contributed by atoms with E-state index in [2.05, 4.69) is 10.3 Å². The molecule has 1 aromatic rings. The van der Waals surface area contributed by atoms with Crippen molar-refractivity contribution in [2.45, 2.75) is 45.0 Å². The number of pyridine rings is 1. The minimum atomic E-state index is -4.48. The van der Waals surface area contributed by atoms with Gasteiger partial charge in [-0.2, -0.15) is 13.2 Å². The molecule has 5 nitrogen and oxygen atoms in total. The molecule has 1 atom stereocenters. The number of halogens is 4. The minimum absolute atomic E-state index is 0.186. The van der Waals surface area contributed by atoms with Crippen molar-refractivity contribution in [3.63, 3.8) is 0 Å². The van der Waals surface area contributed by atoms with Gasteiger partial charge in [0.2, 0.25) is 0 Å². The number of hydrogen-bond acceptors (Lipinski definition) is 4. The number of aromatic nitrogens is 1. The summed E-state index contributed by atoms with van der Waals surface area (Å²) in [6.07, 6.45) is -4.39. The number of hydrogen-bond donors (Lipinski definition) is 1. The standard InChI is InChI=1S/C15H19F3IN3O2/c1-14(2,3)24-13(23)20-10-4-5-22(8-10)12-7-9(19)6-11(21-12)15(16,17)18/h6-7,10H,4-5,8H2,1-3H3,(H,20,23). The maximum absolute atomic E-state index is 12.9. The molecule has 1 aromatic heterocycles. The summed E-state index contributed by atoms with van der Waals surface area (Å²) < 4.78 is 44.3. The molecule has 1 aliphatic rings. The molecule has 24 heavy (non-hydrogen) atoms.